The van der Waals surface area contributed by atoms with Crippen molar-refractivity contribution < 1.29 is 14.3 Å². The number of hydrogen-bond donors (Lipinski definition) is 2. The average molecular weight is 277 g/mol. The smallest absolute Gasteiger partial charge is 0.291 e. The zero-order valence-electron chi connectivity index (χ0n) is 10.8. The van der Waals surface area contributed by atoms with Crippen molar-refractivity contribution in [1.82, 2.24) is 0 Å². The summed E-state index contributed by atoms with van der Waals surface area (Å²) in [5.74, 6) is -0.0170. The average Bonchev–Trinajstić information content (AvgIpc) is 2.90. The third kappa shape index (κ3) is 3.19. The van der Waals surface area contributed by atoms with Gasteiger partial charge in [-0.15, -0.1) is 0 Å². The Kier molecular flexibility index (Phi) is 4.29. The van der Waals surface area contributed by atoms with E-state index in [-0.39, 0.29) is 18.3 Å². The van der Waals surface area contributed by atoms with E-state index in [4.69, 9.17) is 9.52 Å². The highest BCUT2D eigenvalue weighted by molar-refractivity contribution is 7.98. The normalized spacial score (nSPS) is 10.5. The van der Waals surface area contributed by atoms with Gasteiger partial charge in [0.15, 0.2) is 10.9 Å². The Morgan fingerprint density at radius 2 is 2.16 bits per heavy atom. The maximum atomic E-state index is 12.0. The van der Waals surface area contributed by atoms with Crippen LogP contribution >= 0.6 is 11.8 Å². The van der Waals surface area contributed by atoms with Crippen LogP contribution in [0.25, 0.3) is 0 Å². The van der Waals surface area contributed by atoms with Crippen molar-refractivity contribution in [1.29, 1.82) is 0 Å². The molecule has 19 heavy (non-hydrogen) atoms. The molecular weight excluding hydrogens is 262 g/mol. The SMILES string of the molecule is CSc1ccc(C(=O)Nc2cc(CO)ccc2C)o1. The minimum atomic E-state index is -0.293. The number of aliphatic hydroxyl groups is 1. The molecule has 1 heterocycles. The first-order valence-electron chi connectivity index (χ1n) is 5.79. The quantitative estimate of drug-likeness (QED) is 0.843. The van der Waals surface area contributed by atoms with Gasteiger partial charge in [-0.3, -0.25) is 4.79 Å². The van der Waals surface area contributed by atoms with Crippen molar-refractivity contribution >= 4 is 23.4 Å². The molecule has 1 aromatic heterocycles. The Balaban J connectivity index is 2.18. The van der Waals surface area contributed by atoms with Crippen LogP contribution < -0.4 is 5.32 Å². The van der Waals surface area contributed by atoms with Crippen molar-refractivity contribution in [3.05, 3.63) is 47.2 Å². The van der Waals surface area contributed by atoms with E-state index in [0.29, 0.717) is 10.8 Å². The van der Waals surface area contributed by atoms with Crippen molar-refractivity contribution in [3.63, 3.8) is 0 Å². The number of carbonyl (C=O) groups excluding carboxylic acids is 1. The molecule has 0 atom stereocenters. The molecule has 0 aliphatic carbocycles. The number of carbonyl (C=O) groups is 1. The van der Waals surface area contributed by atoms with Gasteiger partial charge in [0.25, 0.3) is 5.91 Å². The number of aliphatic hydroxyl groups excluding tert-OH is 1. The number of furan rings is 1. The molecule has 0 aliphatic rings. The molecule has 0 radical (unpaired) electrons. The number of amides is 1. The minimum absolute atomic E-state index is 0.0550. The molecular formula is C14H15NO3S. The third-order valence-corrected chi connectivity index (χ3v) is 3.36. The lowest BCUT2D eigenvalue weighted by atomic mass is 10.1. The maximum Gasteiger partial charge on any atom is 0.291 e. The lowest BCUT2D eigenvalue weighted by Gasteiger charge is -2.08. The Hall–Kier alpha value is -1.72. The van der Waals surface area contributed by atoms with Crippen LogP contribution in [0.4, 0.5) is 5.69 Å². The highest BCUT2D eigenvalue weighted by Crippen LogP contribution is 2.21. The first kappa shape index (κ1) is 13.7. The maximum absolute atomic E-state index is 12.0. The number of thioether (sulfide) groups is 1. The Morgan fingerprint density at radius 1 is 1.37 bits per heavy atom. The van der Waals surface area contributed by atoms with Crippen LogP contribution in [0.2, 0.25) is 0 Å². The highest BCUT2D eigenvalue weighted by Gasteiger charge is 2.12. The number of anilines is 1. The van der Waals surface area contributed by atoms with Crippen molar-refractivity contribution in [2.24, 2.45) is 0 Å². The van der Waals surface area contributed by atoms with Gasteiger partial charge >= 0.3 is 0 Å². The first-order valence-corrected chi connectivity index (χ1v) is 7.02. The van der Waals surface area contributed by atoms with Gasteiger partial charge < -0.3 is 14.8 Å². The van der Waals surface area contributed by atoms with E-state index in [1.54, 1.807) is 18.2 Å². The second kappa shape index (κ2) is 5.95. The summed E-state index contributed by atoms with van der Waals surface area (Å²) in [6, 6.07) is 8.84. The summed E-state index contributed by atoms with van der Waals surface area (Å²) in [6.45, 7) is 1.84. The number of hydrogen-bond acceptors (Lipinski definition) is 4. The van der Waals surface area contributed by atoms with Crippen LogP contribution in [0.1, 0.15) is 21.7 Å². The Morgan fingerprint density at radius 3 is 2.79 bits per heavy atom. The fraction of sp³-hybridized carbons (Fsp3) is 0.214. The van der Waals surface area contributed by atoms with Crippen LogP contribution in [0.5, 0.6) is 0 Å². The second-order valence-electron chi connectivity index (χ2n) is 4.08. The predicted octanol–water partition coefficient (Wildman–Crippen LogP) is 3.05. The molecule has 0 unspecified atom stereocenters. The van der Waals surface area contributed by atoms with E-state index < -0.39 is 0 Å². The summed E-state index contributed by atoms with van der Waals surface area (Å²) in [7, 11) is 0. The molecule has 100 valence electrons. The summed E-state index contributed by atoms with van der Waals surface area (Å²) in [5.41, 5.74) is 2.37. The van der Waals surface area contributed by atoms with Crippen LogP contribution in [-0.2, 0) is 6.61 Å². The van der Waals surface area contributed by atoms with E-state index in [0.717, 1.165) is 11.1 Å². The van der Waals surface area contributed by atoms with Gasteiger partial charge in [-0.05, 0) is 42.5 Å². The lowest BCUT2D eigenvalue weighted by Crippen LogP contribution is -2.12. The summed E-state index contributed by atoms with van der Waals surface area (Å²) in [4.78, 5) is 12.0. The predicted molar refractivity (Wildman–Crippen MR) is 75.5 cm³/mol. The summed E-state index contributed by atoms with van der Waals surface area (Å²) in [6.07, 6.45) is 1.88. The van der Waals surface area contributed by atoms with E-state index in [9.17, 15) is 4.79 Å². The van der Waals surface area contributed by atoms with Gasteiger partial charge in [-0.25, -0.2) is 0 Å². The molecule has 0 bridgehead atoms. The van der Waals surface area contributed by atoms with E-state index >= 15 is 0 Å². The van der Waals surface area contributed by atoms with E-state index in [2.05, 4.69) is 5.32 Å². The summed E-state index contributed by atoms with van der Waals surface area (Å²) in [5, 5.41) is 12.6. The topological polar surface area (TPSA) is 62.5 Å². The molecule has 2 N–H and O–H groups in total. The molecule has 0 aliphatic heterocycles. The molecule has 0 saturated heterocycles. The Bertz CT molecular complexity index is 592. The van der Waals surface area contributed by atoms with Gasteiger partial charge in [-0.2, -0.15) is 0 Å². The van der Waals surface area contributed by atoms with Gasteiger partial charge in [0.1, 0.15) is 0 Å². The molecule has 2 aromatic rings. The summed E-state index contributed by atoms with van der Waals surface area (Å²) < 4.78 is 5.36. The largest absolute Gasteiger partial charge is 0.445 e. The van der Waals surface area contributed by atoms with Gasteiger partial charge in [-0.1, -0.05) is 23.9 Å². The van der Waals surface area contributed by atoms with Gasteiger partial charge in [0.05, 0.1) is 6.61 Å². The number of rotatable bonds is 4. The monoisotopic (exact) mass is 277 g/mol. The molecule has 0 spiro atoms. The van der Waals surface area contributed by atoms with Crippen LogP contribution in [0, 0.1) is 6.92 Å². The molecule has 1 amide bonds. The van der Waals surface area contributed by atoms with Gasteiger partial charge in [0.2, 0.25) is 0 Å². The molecule has 2 rings (SSSR count). The van der Waals surface area contributed by atoms with Gasteiger partial charge in [0, 0.05) is 5.69 Å². The Labute approximate surface area is 115 Å². The third-order valence-electron chi connectivity index (χ3n) is 2.74. The number of nitrogens with one attached hydrogen (secondary N) is 1. The first-order chi connectivity index (χ1) is 9.13. The van der Waals surface area contributed by atoms with Crippen molar-refractivity contribution in [3.8, 4) is 0 Å². The van der Waals surface area contributed by atoms with Crippen LogP contribution in [0.15, 0.2) is 39.8 Å². The molecule has 4 nitrogen and oxygen atoms in total. The second-order valence-corrected chi connectivity index (χ2v) is 4.89. The van der Waals surface area contributed by atoms with E-state index in [1.807, 2.05) is 25.3 Å². The minimum Gasteiger partial charge on any atom is -0.445 e. The molecule has 0 fully saturated rings. The van der Waals surface area contributed by atoms with Crippen LogP contribution in [-0.4, -0.2) is 17.3 Å². The lowest BCUT2D eigenvalue weighted by molar-refractivity contribution is 0.0992. The molecule has 0 saturated carbocycles. The molecule has 1 aromatic carbocycles. The van der Waals surface area contributed by atoms with Crippen molar-refractivity contribution in [2.75, 3.05) is 11.6 Å². The number of benzene rings is 1. The van der Waals surface area contributed by atoms with E-state index in [1.165, 1.54) is 11.8 Å². The number of aryl methyl sites for hydroxylation is 1. The zero-order chi connectivity index (χ0) is 13.8. The standard InChI is InChI=1S/C14H15NO3S/c1-9-3-4-10(8-16)7-11(9)15-14(17)12-5-6-13(18-12)19-2/h3-7,16H,8H2,1-2H3,(H,15,17). The van der Waals surface area contributed by atoms with Crippen LogP contribution in [0.3, 0.4) is 0 Å². The zero-order valence-corrected chi connectivity index (χ0v) is 11.6. The van der Waals surface area contributed by atoms with Crippen molar-refractivity contribution in [2.45, 2.75) is 18.6 Å². The summed E-state index contributed by atoms with van der Waals surface area (Å²) >= 11 is 1.44. The fourth-order valence-corrected chi connectivity index (χ4v) is 2.02. The molecule has 5 heteroatoms. The highest BCUT2D eigenvalue weighted by atomic mass is 32.2. The fourth-order valence-electron chi connectivity index (χ4n) is 1.64.